The molecule has 0 bridgehead atoms. The molecule has 1 aromatic carbocycles. The van der Waals surface area contributed by atoms with E-state index in [1.165, 1.54) is 18.2 Å². The predicted octanol–water partition coefficient (Wildman–Crippen LogP) is 3.53. The van der Waals surface area contributed by atoms with Crippen LogP contribution in [-0.2, 0) is 0 Å². The van der Waals surface area contributed by atoms with E-state index < -0.39 is 0 Å². The maximum absolute atomic E-state index is 5.38. The molecule has 0 saturated heterocycles. The molecule has 1 aliphatic carbocycles. The van der Waals surface area contributed by atoms with Gasteiger partial charge in [-0.05, 0) is 42.4 Å². The monoisotopic (exact) mass is 348 g/mol. The van der Waals surface area contributed by atoms with Gasteiger partial charge in [-0.1, -0.05) is 30.3 Å². The van der Waals surface area contributed by atoms with Crippen LogP contribution in [0, 0.1) is 6.92 Å². The van der Waals surface area contributed by atoms with Gasteiger partial charge in [-0.3, -0.25) is 0 Å². The maximum atomic E-state index is 5.38. The van der Waals surface area contributed by atoms with E-state index in [0.717, 1.165) is 12.1 Å². The van der Waals surface area contributed by atoms with Gasteiger partial charge in [0.1, 0.15) is 5.69 Å². The second kappa shape index (κ2) is 6.71. The van der Waals surface area contributed by atoms with Crippen LogP contribution in [0.15, 0.2) is 42.6 Å². The van der Waals surface area contributed by atoms with Crippen LogP contribution >= 0.6 is 0 Å². The van der Waals surface area contributed by atoms with E-state index in [0.29, 0.717) is 29.0 Å². The third-order valence-electron chi connectivity index (χ3n) is 4.82. The van der Waals surface area contributed by atoms with Crippen LogP contribution in [-0.4, -0.2) is 34.4 Å². The van der Waals surface area contributed by atoms with Gasteiger partial charge in [0.2, 0.25) is 5.88 Å². The van der Waals surface area contributed by atoms with Crippen LogP contribution in [0.5, 0.6) is 11.9 Å². The molecule has 6 heteroatoms. The normalized spacial score (nSPS) is 18.4. The summed E-state index contributed by atoms with van der Waals surface area (Å²) in [5, 5.41) is 8.70. The van der Waals surface area contributed by atoms with E-state index in [1.807, 2.05) is 13.0 Å². The van der Waals surface area contributed by atoms with Crippen LogP contribution < -0.4 is 9.47 Å². The molecule has 2 aromatic heterocycles. The molecular weight excluding hydrogens is 328 g/mol. The van der Waals surface area contributed by atoms with Gasteiger partial charge in [0.05, 0.1) is 25.5 Å². The summed E-state index contributed by atoms with van der Waals surface area (Å²) in [6.45, 7) is 2.01. The Balaban J connectivity index is 1.68. The molecule has 0 amide bonds. The minimum atomic E-state index is 0.261. The van der Waals surface area contributed by atoms with Gasteiger partial charge in [-0.2, -0.15) is 10.1 Å². The zero-order valence-electron chi connectivity index (χ0n) is 15.0. The number of ether oxygens (including phenoxy) is 2. The van der Waals surface area contributed by atoms with Crippen molar-refractivity contribution in [3.05, 3.63) is 59.4 Å². The maximum Gasteiger partial charge on any atom is 0.319 e. The zero-order valence-corrected chi connectivity index (χ0v) is 15.0. The Hall–Kier alpha value is -3.02. The molecule has 1 fully saturated rings. The molecule has 132 valence electrons. The molecule has 2 unspecified atom stereocenters. The lowest BCUT2D eigenvalue weighted by Gasteiger charge is -2.10. The van der Waals surface area contributed by atoms with Crippen LogP contribution in [0.3, 0.4) is 0 Å². The average molecular weight is 348 g/mol. The molecule has 4 rings (SSSR count). The third-order valence-corrected chi connectivity index (χ3v) is 4.82. The minimum Gasteiger partial charge on any atom is -0.480 e. The fourth-order valence-electron chi connectivity index (χ4n) is 3.36. The lowest BCUT2D eigenvalue weighted by Crippen LogP contribution is -2.01. The van der Waals surface area contributed by atoms with E-state index in [9.17, 15) is 0 Å². The van der Waals surface area contributed by atoms with Crippen molar-refractivity contribution in [2.24, 2.45) is 0 Å². The number of aryl methyl sites for hydroxylation is 1. The molecule has 3 aromatic rings. The van der Waals surface area contributed by atoms with Crippen LogP contribution in [0.25, 0.3) is 11.3 Å². The number of hydrogen-bond donors (Lipinski definition) is 0. The zero-order chi connectivity index (χ0) is 18.1. The lowest BCUT2D eigenvalue weighted by atomic mass is 10.0. The molecule has 2 heterocycles. The van der Waals surface area contributed by atoms with E-state index in [1.54, 1.807) is 13.3 Å². The number of benzene rings is 1. The van der Waals surface area contributed by atoms with Gasteiger partial charge in [0.15, 0.2) is 0 Å². The Morgan fingerprint density at radius 2 is 1.81 bits per heavy atom. The van der Waals surface area contributed by atoms with Crippen molar-refractivity contribution in [1.29, 1.82) is 0 Å². The van der Waals surface area contributed by atoms with Crippen LogP contribution in [0.2, 0.25) is 0 Å². The van der Waals surface area contributed by atoms with E-state index in [2.05, 4.69) is 50.5 Å². The highest BCUT2D eigenvalue weighted by Crippen LogP contribution is 2.55. The first kappa shape index (κ1) is 16.4. The average Bonchev–Trinajstić information content (AvgIpc) is 3.49. The first-order valence-electron chi connectivity index (χ1n) is 8.55. The third kappa shape index (κ3) is 2.98. The SMILES string of the molecule is COc1ncc(-c2cc(C3CC3c3ccccc3)c(C)nn2)c(OC)n1. The Morgan fingerprint density at radius 3 is 2.54 bits per heavy atom. The molecular formula is C20H20N4O2. The number of rotatable bonds is 5. The van der Waals surface area contributed by atoms with Gasteiger partial charge in [0.25, 0.3) is 0 Å². The largest absolute Gasteiger partial charge is 0.480 e. The van der Waals surface area contributed by atoms with E-state index >= 15 is 0 Å². The van der Waals surface area contributed by atoms with E-state index in [4.69, 9.17) is 9.47 Å². The number of nitrogens with zero attached hydrogens (tertiary/aromatic N) is 4. The summed E-state index contributed by atoms with van der Waals surface area (Å²) in [5.41, 5.74) is 4.98. The van der Waals surface area contributed by atoms with Gasteiger partial charge < -0.3 is 9.47 Å². The summed E-state index contributed by atoms with van der Waals surface area (Å²) in [4.78, 5) is 8.41. The summed E-state index contributed by atoms with van der Waals surface area (Å²) >= 11 is 0. The van der Waals surface area contributed by atoms with Gasteiger partial charge in [-0.15, -0.1) is 5.10 Å². The smallest absolute Gasteiger partial charge is 0.319 e. The quantitative estimate of drug-likeness (QED) is 0.702. The van der Waals surface area contributed by atoms with Crippen molar-refractivity contribution in [2.45, 2.75) is 25.2 Å². The highest BCUT2D eigenvalue weighted by Gasteiger charge is 2.40. The topological polar surface area (TPSA) is 70.0 Å². The van der Waals surface area contributed by atoms with Gasteiger partial charge >= 0.3 is 6.01 Å². The first-order valence-corrected chi connectivity index (χ1v) is 8.55. The predicted molar refractivity (Wildman–Crippen MR) is 97.4 cm³/mol. The van der Waals surface area contributed by atoms with Crippen molar-refractivity contribution < 1.29 is 9.47 Å². The summed E-state index contributed by atoms with van der Waals surface area (Å²) in [6, 6.07) is 13.0. The summed E-state index contributed by atoms with van der Waals surface area (Å²) in [7, 11) is 3.09. The van der Waals surface area contributed by atoms with Gasteiger partial charge in [0, 0.05) is 6.20 Å². The molecule has 1 aliphatic rings. The second-order valence-corrected chi connectivity index (χ2v) is 6.41. The molecule has 0 spiro atoms. The van der Waals surface area contributed by atoms with Crippen molar-refractivity contribution >= 4 is 0 Å². The van der Waals surface area contributed by atoms with Crippen molar-refractivity contribution in [2.75, 3.05) is 14.2 Å². The standard InChI is InChI=1S/C20H20N4O2/c1-12-14(16-9-15(16)13-7-5-4-6-8-13)10-18(24-23-12)17-11-21-20(26-3)22-19(17)25-2/h4-8,10-11,15-16H,9H2,1-3H3. The first-order chi connectivity index (χ1) is 12.7. The Kier molecular flexibility index (Phi) is 4.24. The fraction of sp³-hybridized carbons (Fsp3) is 0.300. The van der Waals surface area contributed by atoms with Crippen LogP contribution in [0.4, 0.5) is 0 Å². The van der Waals surface area contributed by atoms with Crippen molar-refractivity contribution in [3.63, 3.8) is 0 Å². The molecule has 0 aliphatic heterocycles. The minimum absolute atomic E-state index is 0.261. The van der Waals surface area contributed by atoms with E-state index in [-0.39, 0.29) is 6.01 Å². The molecule has 6 nitrogen and oxygen atoms in total. The Bertz CT molecular complexity index is 930. The molecule has 1 saturated carbocycles. The summed E-state index contributed by atoms with van der Waals surface area (Å²) < 4.78 is 10.4. The molecule has 2 atom stereocenters. The summed E-state index contributed by atoms with van der Waals surface area (Å²) in [6.07, 6.45) is 2.79. The highest BCUT2D eigenvalue weighted by molar-refractivity contribution is 5.65. The van der Waals surface area contributed by atoms with Crippen molar-refractivity contribution in [1.82, 2.24) is 20.2 Å². The highest BCUT2D eigenvalue weighted by atomic mass is 16.5. The summed E-state index contributed by atoms with van der Waals surface area (Å²) in [5.74, 6) is 1.44. The Labute approximate surface area is 152 Å². The number of hydrogen-bond acceptors (Lipinski definition) is 6. The molecule has 0 radical (unpaired) electrons. The van der Waals surface area contributed by atoms with Gasteiger partial charge in [-0.25, -0.2) is 4.98 Å². The Morgan fingerprint density at radius 1 is 1.00 bits per heavy atom. The number of aromatic nitrogens is 4. The van der Waals surface area contributed by atoms with Crippen LogP contribution in [0.1, 0.15) is 35.1 Å². The molecule has 26 heavy (non-hydrogen) atoms. The molecule has 0 N–H and O–H groups in total. The van der Waals surface area contributed by atoms with Crippen molar-refractivity contribution in [3.8, 4) is 23.1 Å². The number of methoxy groups -OCH3 is 2. The second-order valence-electron chi connectivity index (χ2n) is 6.41. The lowest BCUT2D eigenvalue weighted by molar-refractivity contribution is 0.353. The fourth-order valence-corrected chi connectivity index (χ4v) is 3.36.